The van der Waals surface area contributed by atoms with Crippen molar-refractivity contribution in [1.29, 1.82) is 0 Å². The monoisotopic (exact) mass is 343 g/mol. The zero-order chi connectivity index (χ0) is 17.5. The van der Waals surface area contributed by atoms with Gasteiger partial charge in [-0.1, -0.05) is 38.7 Å². The summed E-state index contributed by atoms with van der Waals surface area (Å²) in [5.41, 5.74) is 9.96. The Bertz CT molecular complexity index is 512. The Balaban J connectivity index is 1.43. The Kier molecular flexibility index (Phi) is 7.03. The molecule has 0 radical (unpaired) electrons. The lowest BCUT2D eigenvalue weighted by atomic mass is 9.98. The summed E-state index contributed by atoms with van der Waals surface area (Å²) < 4.78 is 0. The van der Waals surface area contributed by atoms with Gasteiger partial charge in [0, 0.05) is 19.1 Å². The van der Waals surface area contributed by atoms with Crippen LogP contribution < -0.4 is 16.0 Å². The van der Waals surface area contributed by atoms with Crippen LogP contribution in [0.15, 0.2) is 18.2 Å². The number of benzene rings is 1. The molecule has 3 heteroatoms. The average molecular weight is 344 g/mol. The molecule has 0 unspecified atom stereocenters. The van der Waals surface area contributed by atoms with Gasteiger partial charge in [-0.25, -0.2) is 0 Å². The number of nitrogens with two attached hydrogens (primary N) is 1. The molecular weight excluding hydrogens is 306 g/mol. The van der Waals surface area contributed by atoms with Crippen molar-refractivity contribution in [3.63, 3.8) is 0 Å². The van der Waals surface area contributed by atoms with Crippen LogP contribution in [0.3, 0.4) is 0 Å². The molecule has 1 saturated heterocycles. The van der Waals surface area contributed by atoms with Gasteiger partial charge >= 0.3 is 0 Å². The maximum atomic E-state index is 6.37. The van der Waals surface area contributed by atoms with Crippen LogP contribution in [0.2, 0.25) is 0 Å². The van der Waals surface area contributed by atoms with Gasteiger partial charge in [0.25, 0.3) is 0 Å². The predicted molar refractivity (Wildman–Crippen MR) is 109 cm³/mol. The van der Waals surface area contributed by atoms with Gasteiger partial charge in [0.2, 0.25) is 0 Å². The van der Waals surface area contributed by atoms with Gasteiger partial charge in [0.1, 0.15) is 0 Å². The van der Waals surface area contributed by atoms with Gasteiger partial charge in [-0.05, 0) is 68.7 Å². The van der Waals surface area contributed by atoms with Gasteiger partial charge in [0.05, 0.1) is 11.4 Å². The van der Waals surface area contributed by atoms with Gasteiger partial charge in [-0.15, -0.1) is 0 Å². The normalized spacial score (nSPS) is 20.6. The minimum atomic E-state index is 0.761. The highest BCUT2D eigenvalue weighted by atomic mass is 15.1. The van der Waals surface area contributed by atoms with E-state index in [4.69, 9.17) is 5.73 Å². The molecule has 2 aliphatic rings. The lowest BCUT2D eigenvalue weighted by molar-refractivity contribution is 0.438. The lowest BCUT2D eigenvalue weighted by Gasteiger charge is -2.33. The second-order valence-electron chi connectivity index (χ2n) is 8.31. The molecule has 1 heterocycles. The number of anilines is 2. The summed E-state index contributed by atoms with van der Waals surface area (Å²) in [6.45, 7) is 5.79. The summed E-state index contributed by atoms with van der Waals surface area (Å²) >= 11 is 0. The molecule has 1 aliphatic carbocycles. The fourth-order valence-electron chi connectivity index (χ4n) is 4.38. The Labute approximate surface area is 154 Å². The van der Waals surface area contributed by atoms with E-state index in [1.54, 1.807) is 0 Å². The van der Waals surface area contributed by atoms with E-state index in [-0.39, 0.29) is 0 Å². The fourth-order valence-corrected chi connectivity index (χ4v) is 4.38. The molecule has 3 N–H and O–H groups in total. The van der Waals surface area contributed by atoms with Crippen LogP contribution in [0.25, 0.3) is 0 Å². The zero-order valence-electron chi connectivity index (χ0n) is 16.1. The largest absolute Gasteiger partial charge is 0.397 e. The third-order valence-corrected chi connectivity index (χ3v) is 6.15. The molecule has 25 heavy (non-hydrogen) atoms. The molecule has 1 saturated carbocycles. The molecule has 3 rings (SSSR count). The number of nitrogen functional groups attached to an aromatic ring is 1. The molecule has 3 nitrogen and oxygen atoms in total. The van der Waals surface area contributed by atoms with Crippen molar-refractivity contribution in [3.05, 3.63) is 23.8 Å². The van der Waals surface area contributed by atoms with Crippen molar-refractivity contribution in [1.82, 2.24) is 5.32 Å². The summed E-state index contributed by atoms with van der Waals surface area (Å²) in [5.74, 6) is 0.859. The summed E-state index contributed by atoms with van der Waals surface area (Å²) in [5, 5.41) is 3.77. The average Bonchev–Trinajstić information content (AvgIpc) is 2.89. The van der Waals surface area contributed by atoms with E-state index in [0.29, 0.717) is 0 Å². The topological polar surface area (TPSA) is 41.3 Å². The number of aryl methyl sites for hydroxylation is 1. The first-order valence-electron chi connectivity index (χ1n) is 10.6. The highest BCUT2D eigenvalue weighted by Gasteiger charge is 2.17. The highest BCUT2D eigenvalue weighted by Crippen LogP contribution is 2.29. The van der Waals surface area contributed by atoms with Crippen LogP contribution in [0.5, 0.6) is 0 Å². The first kappa shape index (κ1) is 18.6. The Morgan fingerprint density at radius 3 is 2.44 bits per heavy atom. The number of hydrogen-bond donors (Lipinski definition) is 2. The first-order valence-corrected chi connectivity index (χ1v) is 10.6. The quantitative estimate of drug-likeness (QED) is 0.445. The third kappa shape index (κ3) is 5.64. The van der Waals surface area contributed by atoms with Crippen molar-refractivity contribution in [3.8, 4) is 0 Å². The van der Waals surface area contributed by atoms with Crippen LogP contribution >= 0.6 is 0 Å². The molecule has 1 aliphatic heterocycles. The van der Waals surface area contributed by atoms with Gasteiger partial charge in [-0.2, -0.15) is 0 Å². The second-order valence-corrected chi connectivity index (χ2v) is 8.31. The molecule has 140 valence electrons. The maximum absolute atomic E-state index is 6.37. The van der Waals surface area contributed by atoms with Gasteiger partial charge in [-0.3, -0.25) is 0 Å². The van der Waals surface area contributed by atoms with E-state index in [1.807, 2.05) is 0 Å². The van der Waals surface area contributed by atoms with E-state index in [9.17, 15) is 0 Å². The molecule has 0 atom stereocenters. The molecule has 1 aromatic carbocycles. The molecule has 0 bridgehead atoms. The number of hydrogen-bond acceptors (Lipinski definition) is 3. The molecule has 2 fully saturated rings. The number of rotatable bonds is 6. The van der Waals surface area contributed by atoms with Crippen LogP contribution in [-0.2, 0) is 6.42 Å². The second kappa shape index (κ2) is 9.47. The van der Waals surface area contributed by atoms with Crippen molar-refractivity contribution in [2.75, 3.05) is 30.3 Å². The molecule has 1 aromatic rings. The van der Waals surface area contributed by atoms with Crippen LogP contribution in [0, 0.1) is 5.92 Å². The smallest absolute Gasteiger partial charge is 0.0600 e. The van der Waals surface area contributed by atoms with Crippen LogP contribution in [0.1, 0.15) is 70.3 Å². The minimum Gasteiger partial charge on any atom is -0.397 e. The van der Waals surface area contributed by atoms with E-state index >= 15 is 0 Å². The predicted octanol–water partition coefficient (Wildman–Crippen LogP) is 4.75. The highest BCUT2D eigenvalue weighted by molar-refractivity contribution is 5.68. The summed E-state index contributed by atoms with van der Waals surface area (Å²) in [4.78, 5) is 2.47. The number of nitrogens with zero attached hydrogens (tertiary/aromatic N) is 1. The van der Waals surface area contributed by atoms with Crippen molar-refractivity contribution in [2.45, 2.75) is 77.2 Å². The lowest BCUT2D eigenvalue weighted by Crippen LogP contribution is -2.33. The Morgan fingerprint density at radius 1 is 1.04 bits per heavy atom. The number of nitrogens with one attached hydrogen (secondary N) is 1. The molecule has 0 aromatic heterocycles. The number of piperidine rings is 1. The first-order chi connectivity index (χ1) is 12.2. The molecular formula is C22H37N3. The van der Waals surface area contributed by atoms with E-state index in [1.165, 1.54) is 69.0 Å². The van der Waals surface area contributed by atoms with E-state index < -0.39 is 0 Å². The van der Waals surface area contributed by atoms with Crippen LogP contribution in [0.4, 0.5) is 11.4 Å². The zero-order valence-corrected chi connectivity index (χ0v) is 16.1. The van der Waals surface area contributed by atoms with Gasteiger partial charge < -0.3 is 16.0 Å². The Morgan fingerprint density at radius 2 is 1.76 bits per heavy atom. The standard InChI is InChI=1S/C22H37N3/c1-18-12-15-25(16-13-18)22-11-10-19(17-21(22)23)7-6-14-24-20-8-4-2-3-5-9-20/h10-11,17-18,20,24H,2-9,12-16,23H2,1H3. The van der Waals surface area contributed by atoms with Gasteiger partial charge in [0.15, 0.2) is 0 Å². The fraction of sp³-hybridized carbons (Fsp3) is 0.727. The third-order valence-electron chi connectivity index (χ3n) is 6.15. The van der Waals surface area contributed by atoms with E-state index in [2.05, 4.69) is 35.3 Å². The molecule has 0 amide bonds. The summed E-state index contributed by atoms with van der Waals surface area (Å²) in [6.07, 6.45) is 13.3. The van der Waals surface area contributed by atoms with Crippen molar-refractivity contribution in [2.24, 2.45) is 5.92 Å². The Hall–Kier alpha value is -1.22. The maximum Gasteiger partial charge on any atom is 0.0600 e. The van der Waals surface area contributed by atoms with Crippen LogP contribution in [-0.4, -0.2) is 25.7 Å². The summed E-state index contributed by atoms with van der Waals surface area (Å²) in [7, 11) is 0. The molecule has 0 spiro atoms. The summed E-state index contributed by atoms with van der Waals surface area (Å²) in [6, 6.07) is 7.50. The minimum absolute atomic E-state index is 0.761. The van der Waals surface area contributed by atoms with Crippen molar-refractivity contribution < 1.29 is 0 Å². The van der Waals surface area contributed by atoms with Crippen molar-refractivity contribution >= 4 is 11.4 Å². The van der Waals surface area contributed by atoms with E-state index in [0.717, 1.165) is 43.7 Å². The SMILES string of the molecule is CC1CCN(c2ccc(CCCNC3CCCCCC3)cc2N)CC1.